The van der Waals surface area contributed by atoms with Crippen LogP contribution in [0.1, 0.15) is 37.1 Å². The Morgan fingerprint density at radius 3 is 2.68 bits per heavy atom. The molecule has 1 aromatic heterocycles. The zero-order valence-corrected chi connectivity index (χ0v) is 11.3. The Labute approximate surface area is 114 Å². The monoisotopic (exact) mass is 256 g/mol. The van der Waals surface area contributed by atoms with Gasteiger partial charge < -0.3 is 15.1 Å². The second-order valence-corrected chi connectivity index (χ2v) is 5.29. The van der Waals surface area contributed by atoms with Crippen LogP contribution in [0.15, 0.2) is 47.1 Å². The van der Waals surface area contributed by atoms with Crippen LogP contribution in [0, 0.1) is 0 Å². The van der Waals surface area contributed by atoms with Crippen molar-refractivity contribution < 1.29 is 4.42 Å². The van der Waals surface area contributed by atoms with E-state index in [2.05, 4.69) is 29.2 Å². The zero-order chi connectivity index (χ0) is 13.2. The molecule has 0 amide bonds. The van der Waals surface area contributed by atoms with Crippen LogP contribution in [0.5, 0.6) is 0 Å². The molecule has 1 aromatic carbocycles. The molecule has 1 saturated carbocycles. The number of anilines is 1. The Kier molecular flexibility index (Phi) is 3.30. The molecule has 3 rings (SSSR count). The van der Waals surface area contributed by atoms with E-state index in [0.29, 0.717) is 6.04 Å². The summed E-state index contributed by atoms with van der Waals surface area (Å²) >= 11 is 0. The fourth-order valence-corrected chi connectivity index (χ4v) is 2.50. The first-order chi connectivity index (χ1) is 9.25. The standard InChI is InChI=1S/C16H20N2O/c1-12(17)15-6-2-3-7-16(15)18(13-8-9-13)11-14-5-4-10-19-14/h2-7,10,12-13H,8-9,11,17H2,1H3/t12-/m1/s1. The minimum Gasteiger partial charge on any atom is -0.467 e. The van der Waals surface area contributed by atoms with Gasteiger partial charge in [0.25, 0.3) is 0 Å². The Morgan fingerprint density at radius 2 is 2.05 bits per heavy atom. The van der Waals surface area contributed by atoms with Crippen molar-refractivity contribution >= 4 is 5.69 Å². The molecule has 2 N–H and O–H groups in total. The van der Waals surface area contributed by atoms with Gasteiger partial charge in [-0.1, -0.05) is 18.2 Å². The van der Waals surface area contributed by atoms with Gasteiger partial charge in [0.2, 0.25) is 0 Å². The highest BCUT2D eigenvalue weighted by Gasteiger charge is 2.31. The van der Waals surface area contributed by atoms with Crippen molar-refractivity contribution in [2.24, 2.45) is 5.73 Å². The van der Waals surface area contributed by atoms with E-state index >= 15 is 0 Å². The minimum absolute atomic E-state index is 0.0500. The van der Waals surface area contributed by atoms with E-state index in [-0.39, 0.29) is 6.04 Å². The molecule has 3 heteroatoms. The smallest absolute Gasteiger partial charge is 0.123 e. The number of hydrogen-bond donors (Lipinski definition) is 1. The maximum atomic E-state index is 6.10. The predicted molar refractivity (Wildman–Crippen MR) is 77.0 cm³/mol. The zero-order valence-electron chi connectivity index (χ0n) is 11.3. The third kappa shape index (κ3) is 2.66. The number of nitrogens with zero attached hydrogens (tertiary/aromatic N) is 1. The van der Waals surface area contributed by atoms with E-state index in [1.165, 1.54) is 24.1 Å². The highest BCUT2D eigenvalue weighted by molar-refractivity contribution is 5.56. The van der Waals surface area contributed by atoms with Crippen molar-refractivity contribution in [3.63, 3.8) is 0 Å². The van der Waals surface area contributed by atoms with Gasteiger partial charge in [-0.2, -0.15) is 0 Å². The molecule has 19 heavy (non-hydrogen) atoms. The van der Waals surface area contributed by atoms with E-state index in [9.17, 15) is 0 Å². The van der Waals surface area contributed by atoms with E-state index < -0.39 is 0 Å². The summed E-state index contributed by atoms with van der Waals surface area (Å²) in [5.41, 5.74) is 8.55. The molecule has 0 unspecified atom stereocenters. The molecule has 1 fully saturated rings. The predicted octanol–water partition coefficient (Wildman–Crippen LogP) is 3.47. The maximum Gasteiger partial charge on any atom is 0.123 e. The minimum atomic E-state index is 0.0500. The molecule has 100 valence electrons. The first kappa shape index (κ1) is 12.3. The largest absolute Gasteiger partial charge is 0.467 e. The topological polar surface area (TPSA) is 42.4 Å². The fourth-order valence-electron chi connectivity index (χ4n) is 2.50. The second-order valence-electron chi connectivity index (χ2n) is 5.29. The van der Waals surface area contributed by atoms with Gasteiger partial charge >= 0.3 is 0 Å². The Balaban J connectivity index is 1.92. The van der Waals surface area contributed by atoms with E-state index in [1.807, 2.05) is 19.1 Å². The van der Waals surface area contributed by atoms with Crippen molar-refractivity contribution in [2.75, 3.05) is 4.90 Å². The maximum absolute atomic E-state index is 6.10. The van der Waals surface area contributed by atoms with Crippen LogP contribution in [-0.2, 0) is 6.54 Å². The van der Waals surface area contributed by atoms with Crippen molar-refractivity contribution in [1.82, 2.24) is 0 Å². The summed E-state index contributed by atoms with van der Waals surface area (Å²) in [6.45, 7) is 2.86. The lowest BCUT2D eigenvalue weighted by molar-refractivity contribution is 0.500. The molecule has 1 aliphatic carbocycles. The lowest BCUT2D eigenvalue weighted by atomic mass is 10.1. The molecular weight excluding hydrogens is 236 g/mol. The summed E-state index contributed by atoms with van der Waals surface area (Å²) in [4.78, 5) is 2.43. The van der Waals surface area contributed by atoms with E-state index in [4.69, 9.17) is 10.2 Å². The average Bonchev–Trinajstić information content (AvgIpc) is 3.13. The Bertz CT molecular complexity index is 529. The van der Waals surface area contributed by atoms with Gasteiger partial charge in [0.05, 0.1) is 12.8 Å². The Hall–Kier alpha value is -1.74. The molecule has 3 nitrogen and oxygen atoms in total. The van der Waals surface area contributed by atoms with Crippen molar-refractivity contribution in [3.05, 3.63) is 54.0 Å². The van der Waals surface area contributed by atoms with Gasteiger partial charge in [-0.15, -0.1) is 0 Å². The average molecular weight is 256 g/mol. The quantitative estimate of drug-likeness (QED) is 0.890. The van der Waals surface area contributed by atoms with Gasteiger partial charge in [0.1, 0.15) is 5.76 Å². The molecule has 1 heterocycles. The van der Waals surface area contributed by atoms with Gasteiger partial charge in [-0.05, 0) is 43.5 Å². The number of benzene rings is 1. The van der Waals surface area contributed by atoms with Crippen LogP contribution in [-0.4, -0.2) is 6.04 Å². The molecule has 0 bridgehead atoms. The number of hydrogen-bond acceptors (Lipinski definition) is 3. The summed E-state index contributed by atoms with van der Waals surface area (Å²) in [5, 5.41) is 0. The molecule has 0 radical (unpaired) electrons. The normalized spacial score (nSPS) is 16.3. The van der Waals surface area contributed by atoms with Gasteiger partial charge in [0, 0.05) is 17.8 Å². The summed E-state index contributed by atoms with van der Waals surface area (Å²) < 4.78 is 5.49. The van der Waals surface area contributed by atoms with Gasteiger partial charge in [-0.25, -0.2) is 0 Å². The number of rotatable bonds is 5. The number of para-hydroxylation sites is 1. The Morgan fingerprint density at radius 1 is 1.26 bits per heavy atom. The van der Waals surface area contributed by atoms with Crippen LogP contribution in [0.3, 0.4) is 0 Å². The summed E-state index contributed by atoms with van der Waals surface area (Å²) in [7, 11) is 0. The fraction of sp³-hybridized carbons (Fsp3) is 0.375. The first-order valence-corrected chi connectivity index (χ1v) is 6.89. The third-order valence-corrected chi connectivity index (χ3v) is 3.63. The lowest BCUT2D eigenvalue weighted by Crippen LogP contribution is -2.27. The highest BCUT2D eigenvalue weighted by Crippen LogP contribution is 2.36. The molecule has 2 aromatic rings. The van der Waals surface area contributed by atoms with Crippen LogP contribution in [0.2, 0.25) is 0 Å². The molecule has 1 atom stereocenters. The van der Waals surface area contributed by atoms with E-state index in [0.717, 1.165) is 12.3 Å². The summed E-state index contributed by atoms with van der Waals surface area (Å²) in [6, 6.07) is 13.1. The highest BCUT2D eigenvalue weighted by atomic mass is 16.3. The molecule has 0 spiro atoms. The first-order valence-electron chi connectivity index (χ1n) is 6.89. The van der Waals surface area contributed by atoms with Crippen molar-refractivity contribution in [2.45, 2.75) is 38.4 Å². The van der Waals surface area contributed by atoms with Crippen LogP contribution < -0.4 is 10.6 Å². The van der Waals surface area contributed by atoms with Gasteiger partial charge in [0.15, 0.2) is 0 Å². The summed E-state index contributed by atoms with van der Waals surface area (Å²) in [6.07, 6.45) is 4.25. The van der Waals surface area contributed by atoms with Crippen LogP contribution in [0.25, 0.3) is 0 Å². The van der Waals surface area contributed by atoms with Crippen molar-refractivity contribution in [3.8, 4) is 0 Å². The van der Waals surface area contributed by atoms with Crippen LogP contribution in [0.4, 0.5) is 5.69 Å². The third-order valence-electron chi connectivity index (χ3n) is 3.63. The second kappa shape index (κ2) is 5.10. The molecule has 0 aliphatic heterocycles. The van der Waals surface area contributed by atoms with Crippen molar-refractivity contribution in [1.29, 1.82) is 0 Å². The SMILES string of the molecule is C[C@@H](N)c1ccccc1N(Cc1ccco1)C1CC1. The van der Waals surface area contributed by atoms with E-state index in [1.54, 1.807) is 6.26 Å². The number of furan rings is 1. The van der Waals surface area contributed by atoms with Crippen LogP contribution >= 0.6 is 0 Å². The lowest BCUT2D eigenvalue weighted by Gasteiger charge is -2.27. The molecule has 1 aliphatic rings. The molecular formula is C16H20N2O. The molecule has 0 saturated heterocycles. The summed E-state index contributed by atoms with van der Waals surface area (Å²) in [5.74, 6) is 1.01. The number of nitrogens with two attached hydrogens (primary N) is 1. The van der Waals surface area contributed by atoms with Gasteiger partial charge in [-0.3, -0.25) is 0 Å².